The Morgan fingerprint density at radius 3 is 2.77 bits per heavy atom. The van der Waals surface area contributed by atoms with Crippen LogP contribution in [0.4, 0.5) is 5.69 Å². The summed E-state index contributed by atoms with van der Waals surface area (Å²) < 4.78 is 45.0. The van der Waals surface area contributed by atoms with Crippen molar-refractivity contribution < 1.29 is 32.5 Å². The number of hydrogen-bond donors (Lipinski definition) is 1. The van der Waals surface area contributed by atoms with Crippen LogP contribution < -0.4 is 9.64 Å². The number of hydrogen-bond acceptors (Lipinski definition) is 9. The number of benzene rings is 2. The molecule has 4 aliphatic rings. The summed E-state index contributed by atoms with van der Waals surface area (Å²) in [5.41, 5.74) is 3.34. The maximum Gasteiger partial charge on any atom is 0.335 e. The zero-order valence-electron chi connectivity index (χ0n) is 27.1. The molecule has 12 heteroatoms. The Morgan fingerprint density at radius 1 is 1.17 bits per heavy atom. The molecular formula is C36H42ClN3O7S. The second kappa shape index (κ2) is 13.6. The Balaban J connectivity index is 1.07. The van der Waals surface area contributed by atoms with E-state index in [1.807, 2.05) is 6.07 Å². The number of sulfone groups is 1. The van der Waals surface area contributed by atoms with E-state index in [2.05, 4.69) is 27.0 Å². The minimum Gasteiger partial charge on any atom is -0.490 e. The molecule has 3 heterocycles. The lowest BCUT2D eigenvalue weighted by atomic mass is 9.67. The Hall–Kier alpha value is -3.25. The number of carbonyl (C=O) groups is 1. The number of anilines is 1. The Kier molecular flexibility index (Phi) is 9.40. The minimum absolute atomic E-state index is 0.00595. The van der Waals surface area contributed by atoms with Gasteiger partial charge in [0.15, 0.2) is 0 Å². The molecule has 0 bridgehead atoms. The fourth-order valence-corrected chi connectivity index (χ4v) is 9.29. The number of aromatic nitrogens is 2. The summed E-state index contributed by atoms with van der Waals surface area (Å²) in [6.07, 6.45) is 9.25. The molecule has 0 amide bonds. The highest BCUT2D eigenvalue weighted by Gasteiger charge is 2.45. The molecule has 3 aromatic rings. The van der Waals surface area contributed by atoms with Crippen LogP contribution in [0.1, 0.15) is 66.9 Å². The van der Waals surface area contributed by atoms with E-state index in [4.69, 9.17) is 25.8 Å². The zero-order chi connectivity index (χ0) is 33.5. The van der Waals surface area contributed by atoms with E-state index in [0.29, 0.717) is 43.6 Å². The second-order valence-electron chi connectivity index (χ2n) is 13.9. The topological polar surface area (TPSA) is 128 Å². The first-order valence-corrected chi connectivity index (χ1v) is 18.8. The van der Waals surface area contributed by atoms with Crippen LogP contribution in [0.15, 0.2) is 60.0 Å². The highest BCUT2D eigenvalue weighted by Crippen LogP contribution is 2.47. The Morgan fingerprint density at radius 2 is 2.00 bits per heavy atom. The molecule has 2 aliphatic carbocycles. The number of halogens is 1. The number of carboxylic acids is 1. The van der Waals surface area contributed by atoms with Gasteiger partial charge in [0.05, 0.1) is 41.9 Å². The Labute approximate surface area is 286 Å². The molecule has 7 rings (SSSR count). The molecule has 1 saturated carbocycles. The molecule has 2 aromatic carbocycles. The van der Waals surface area contributed by atoms with Gasteiger partial charge in [0, 0.05) is 48.9 Å². The molecular weight excluding hydrogens is 654 g/mol. The first-order chi connectivity index (χ1) is 23.1. The molecule has 1 N–H and O–H groups in total. The third kappa shape index (κ3) is 6.54. The van der Waals surface area contributed by atoms with Crippen LogP contribution in [-0.4, -0.2) is 79.8 Å². The normalized spacial score (nSPS) is 27.6. The van der Waals surface area contributed by atoms with Crippen molar-refractivity contribution >= 4 is 33.1 Å². The van der Waals surface area contributed by atoms with Crippen LogP contribution in [-0.2, 0) is 31.1 Å². The molecule has 1 spiro atoms. The molecule has 1 unspecified atom stereocenters. The number of ether oxygens (including phenoxy) is 3. The van der Waals surface area contributed by atoms with Gasteiger partial charge in [-0.15, -0.1) is 0 Å². The van der Waals surface area contributed by atoms with E-state index in [-0.39, 0.29) is 34.9 Å². The van der Waals surface area contributed by atoms with Gasteiger partial charge in [-0.3, -0.25) is 0 Å². The average molecular weight is 696 g/mol. The maximum absolute atomic E-state index is 12.9. The van der Waals surface area contributed by atoms with Gasteiger partial charge in [0.25, 0.3) is 0 Å². The lowest BCUT2D eigenvalue weighted by Crippen LogP contribution is -2.51. The SMILES string of the molecule is C[C@@H](CO[C@H]1CCO[C@@H]([C@@H]2CC[C@H]2CN2CC3(CCCc4cc(Cl)ccc43)COc3ccc(C(=O)O)cc32)C1)S(=O)(=O)c1ncccn1. The number of rotatable bonds is 9. The van der Waals surface area contributed by atoms with Crippen molar-refractivity contribution in [1.29, 1.82) is 0 Å². The van der Waals surface area contributed by atoms with Crippen molar-refractivity contribution in [3.05, 3.63) is 76.6 Å². The van der Waals surface area contributed by atoms with Crippen LogP contribution in [0.25, 0.3) is 0 Å². The summed E-state index contributed by atoms with van der Waals surface area (Å²) in [6, 6.07) is 13.0. The number of aromatic carboxylic acids is 1. The van der Waals surface area contributed by atoms with Crippen LogP contribution in [0.2, 0.25) is 5.02 Å². The van der Waals surface area contributed by atoms with Crippen LogP contribution in [0.3, 0.4) is 0 Å². The summed E-state index contributed by atoms with van der Waals surface area (Å²) in [7, 11) is -3.69. The van der Waals surface area contributed by atoms with E-state index in [1.165, 1.54) is 23.5 Å². The van der Waals surface area contributed by atoms with Gasteiger partial charge in [-0.05, 0) is 105 Å². The average Bonchev–Trinajstić information content (AvgIpc) is 3.22. The predicted molar refractivity (Wildman–Crippen MR) is 181 cm³/mol. The number of fused-ring (bicyclic) bond motifs is 3. The first-order valence-electron chi connectivity index (χ1n) is 16.9. The van der Waals surface area contributed by atoms with Crippen molar-refractivity contribution in [1.82, 2.24) is 9.97 Å². The van der Waals surface area contributed by atoms with Gasteiger partial charge in [-0.25, -0.2) is 23.2 Å². The fourth-order valence-electron chi connectivity index (χ4n) is 8.06. The van der Waals surface area contributed by atoms with Crippen molar-refractivity contribution in [2.75, 3.05) is 37.8 Å². The number of aryl methyl sites for hydroxylation is 1. The van der Waals surface area contributed by atoms with Gasteiger partial charge < -0.3 is 24.2 Å². The maximum atomic E-state index is 12.9. The highest BCUT2D eigenvalue weighted by atomic mass is 35.5. The third-order valence-corrected chi connectivity index (χ3v) is 13.0. The van der Waals surface area contributed by atoms with Crippen LogP contribution in [0.5, 0.6) is 5.75 Å². The van der Waals surface area contributed by atoms with Gasteiger partial charge >= 0.3 is 5.97 Å². The van der Waals surface area contributed by atoms with Gasteiger partial charge in [0.2, 0.25) is 15.0 Å². The predicted octanol–water partition coefficient (Wildman–Crippen LogP) is 5.75. The molecule has 1 saturated heterocycles. The van der Waals surface area contributed by atoms with E-state index < -0.39 is 21.1 Å². The fraction of sp³-hybridized carbons (Fsp3) is 0.528. The monoisotopic (exact) mass is 695 g/mol. The summed E-state index contributed by atoms with van der Waals surface area (Å²) in [4.78, 5) is 22.3. The summed E-state index contributed by atoms with van der Waals surface area (Å²) in [6.45, 7) is 4.25. The Bertz CT molecular complexity index is 1760. The van der Waals surface area contributed by atoms with E-state index in [9.17, 15) is 18.3 Å². The third-order valence-electron chi connectivity index (χ3n) is 10.9. The van der Waals surface area contributed by atoms with E-state index in [0.717, 1.165) is 55.9 Å². The summed E-state index contributed by atoms with van der Waals surface area (Å²) >= 11 is 6.41. The van der Waals surface area contributed by atoms with Crippen LogP contribution >= 0.6 is 11.6 Å². The zero-order valence-corrected chi connectivity index (χ0v) is 28.7. The number of nitrogens with zero attached hydrogens (tertiary/aromatic N) is 3. The smallest absolute Gasteiger partial charge is 0.335 e. The molecule has 2 fully saturated rings. The molecule has 256 valence electrons. The van der Waals surface area contributed by atoms with Crippen molar-refractivity contribution in [2.45, 2.75) is 79.9 Å². The van der Waals surface area contributed by atoms with Crippen molar-refractivity contribution in [3.63, 3.8) is 0 Å². The molecule has 48 heavy (non-hydrogen) atoms. The molecule has 10 nitrogen and oxygen atoms in total. The largest absolute Gasteiger partial charge is 0.490 e. The van der Waals surface area contributed by atoms with E-state index >= 15 is 0 Å². The minimum atomic E-state index is -3.69. The second-order valence-corrected chi connectivity index (χ2v) is 16.6. The van der Waals surface area contributed by atoms with Crippen molar-refractivity contribution in [3.8, 4) is 5.75 Å². The molecule has 1 aromatic heterocycles. The quantitative estimate of drug-likeness (QED) is 0.276. The van der Waals surface area contributed by atoms with Gasteiger partial charge in [0.1, 0.15) is 5.75 Å². The molecule has 0 radical (unpaired) electrons. The lowest BCUT2D eigenvalue weighted by molar-refractivity contribution is -0.116. The van der Waals surface area contributed by atoms with Gasteiger partial charge in [-0.2, -0.15) is 0 Å². The van der Waals surface area contributed by atoms with Crippen LogP contribution in [0, 0.1) is 11.8 Å². The number of carboxylic acid groups (broad SMARTS) is 1. The lowest BCUT2D eigenvalue weighted by Gasteiger charge is -2.47. The highest BCUT2D eigenvalue weighted by molar-refractivity contribution is 7.91. The standard InChI is InChI=1S/C36H42ClN3O7S/c1-23(48(43,44)35-38-13-3-14-39-35)20-46-28-11-15-45-33(18-28)29-8-5-26(29)19-40-21-36(12-2-4-24-16-27(37)7-9-30(24)36)22-47-32-10-6-25(34(41)42)17-31(32)40/h3,6-7,9-10,13-14,16-17,23,26,28-29,33H,2,4-5,8,11-12,15,18-22H2,1H3,(H,41,42)/t23-,26-,28-,29+,33+,36?/m0/s1. The summed E-state index contributed by atoms with van der Waals surface area (Å²) in [5, 5.41) is 9.64. The van der Waals surface area contributed by atoms with Gasteiger partial charge in [-0.1, -0.05) is 17.7 Å². The summed E-state index contributed by atoms with van der Waals surface area (Å²) in [5.74, 6) is 0.407. The molecule has 6 atom stereocenters. The first kappa shape index (κ1) is 33.3. The van der Waals surface area contributed by atoms with Crippen molar-refractivity contribution in [2.24, 2.45) is 11.8 Å². The molecule has 2 aliphatic heterocycles. The van der Waals surface area contributed by atoms with E-state index in [1.54, 1.807) is 31.2 Å².